The summed E-state index contributed by atoms with van der Waals surface area (Å²) in [4.78, 5) is 27.3. The molecule has 0 aliphatic carbocycles. The fraction of sp³-hybridized carbons (Fsp3) is 0.391. The molecule has 0 saturated heterocycles. The van der Waals surface area contributed by atoms with E-state index in [9.17, 15) is 14.0 Å². The van der Waals surface area contributed by atoms with Crippen LogP contribution in [0.3, 0.4) is 0 Å². The quantitative estimate of drug-likeness (QED) is 0.748. The second-order valence-electron chi connectivity index (χ2n) is 7.25. The summed E-state index contributed by atoms with van der Waals surface area (Å²) in [7, 11) is 0. The normalized spacial score (nSPS) is 12.9. The number of hydrogen-bond acceptors (Lipinski definition) is 2. The number of carbonyl (C=O) groups excluding carboxylic acids is 2. The lowest BCUT2D eigenvalue weighted by Crippen LogP contribution is -2.50. The third-order valence-corrected chi connectivity index (χ3v) is 5.04. The topological polar surface area (TPSA) is 49.4 Å². The Bertz CT molecular complexity index is 805. The first-order chi connectivity index (χ1) is 13.3. The number of nitrogens with one attached hydrogen (secondary N) is 1. The van der Waals surface area contributed by atoms with Crippen LogP contribution >= 0.6 is 0 Å². The lowest BCUT2D eigenvalue weighted by atomic mass is 10.1. The van der Waals surface area contributed by atoms with Gasteiger partial charge in [-0.05, 0) is 56.0 Å². The molecule has 0 saturated carbocycles. The third-order valence-electron chi connectivity index (χ3n) is 5.04. The summed E-state index contributed by atoms with van der Waals surface area (Å²) in [6, 6.07) is 13.1. The van der Waals surface area contributed by atoms with Crippen LogP contribution in [0.15, 0.2) is 48.5 Å². The van der Waals surface area contributed by atoms with Crippen LogP contribution in [0.2, 0.25) is 0 Å². The highest BCUT2D eigenvalue weighted by Gasteiger charge is 2.27. The largest absolute Gasteiger partial charge is 0.352 e. The van der Waals surface area contributed by atoms with Crippen molar-refractivity contribution in [1.29, 1.82) is 0 Å². The van der Waals surface area contributed by atoms with Gasteiger partial charge in [-0.1, -0.05) is 43.3 Å². The number of amides is 2. The van der Waals surface area contributed by atoms with E-state index in [0.29, 0.717) is 6.54 Å². The van der Waals surface area contributed by atoms with E-state index in [0.717, 1.165) is 23.1 Å². The summed E-state index contributed by atoms with van der Waals surface area (Å²) in [6.07, 6.45) is 0.937. The molecule has 2 atom stereocenters. The first-order valence-corrected chi connectivity index (χ1v) is 9.70. The minimum absolute atomic E-state index is 0.0439. The Morgan fingerprint density at radius 3 is 2.32 bits per heavy atom. The predicted molar refractivity (Wildman–Crippen MR) is 109 cm³/mol. The van der Waals surface area contributed by atoms with Crippen LogP contribution in [0.25, 0.3) is 0 Å². The van der Waals surface area contributed by atoms with Crippen LogP contribution in [-0.2, 0) is 22.6 Å². The SMILES string of the molecule is CC[C@@H](C)NC(=O)[C@H](C)N(Cc1ccccc1C)C(=O)Cc1ccc(F)cc1. The fourth-order valence-electron chi connectivity index (χ4n) is 2.90. The number of hydrogen-bond donors (Lipinski definition) is 1. The van der Waals surface area contributed by atoms with E-state index in [1.54, 1.807) is 24.0 Å². The van der Waals surface area contributed by atoms with Gasteiger partial charge in [0.15, 0.2) is 0 Å². The molecule has 0 aliphatic heterocycles. The van der Waals surface area contributed by atoms with Gasteiger partial charge in [0.1, 0.15) is 11.9 Å². The Morgan fingerprint density at radius 1 is 1.07 bits per heavy atom. The summed E-state index contributed by atoms with van der Waals surface area (Å²) >= 11 is 0. The molecule has 4 nitrogen and oxygen atoms in total. The van der Waals surface area contributed by atoms with Crippen LogP contribution in [0.5, 0.6) is 0 Å². The molecule has 1 N–H and O–H groups in total. The molecule has 150 valence electrons. The molecular formula is C23H29FN2O2. The minimum atomic E-state index is -0.610. The standard InChI is InChI=1S/C23H29FN2O2/c1-5-17(3)25-23(28)18(4)26(15-20-9-7-6-8-16(20)2)22(27)14-19-10-12-21(24)13-11-19/h6-13,17-18H,5,14-15H2,1-4H3,(H,25,28)/t17-,18+/m1/s1. The first-order valence-electron chi connectivity index (χ1n) is 9.70. The van der Waals surface area contributed by atoms with Gasteiger partial charge in [0.25, 0.3) is 0 Å². The molecule has 0 fully saturated rings. The van der Waals surface area contributed by atoms with Gasteiger partial charge in [0.2, 0.25) is 11.8 Å². The van der Waals surface area contributed by atoms with Crippen molar-refractivity contribution in [3.05, 3.63) is 71.0 Å². The highest BCUT2D eigenvalue weighted by atomic mass is 19.1. The lowest BCUT2D eigenvalue weighted by molar-refractivity contribution is -0.140. The van der Waals surface area contributed by atoms with E-state index in [1.165, 1.54) is 12.1 Å². The van der Waals surface area contributed by atoms with Gasteiger partial charge in [-0.25, -0.2) is 4.39 Å². The average Bonchev–Trinajstić information content (AvgIpc) is 2.68. The smallest absolute Gasteiger partial charge is 0.242 e. The van der Waals surface area contributed by atoms with Crippen molar-refractivity contribution in [2.24, 2.45) is 0 Å². The zero-order chi connectivity index (χ0) is 20.7. The van der Waals surface area contributed by atoms with E-state index in [1.807, 2.05) is 45.0 Å². The van der Waals surface area contributed by atoms with Crippen molar-refractivity contribution in [2.75, 3.05) is 0 Å². The lowest BCUT2D eigenvalue weighted by Gasteiger charge is -2.30. The molecule has 2 amide bonds. The van der Waals surface area contributed by atoms with E-state index in [4.69, 9.17) is 0 Å². The number of aryl methyl sites for hydroxylation is 1. The summed E-state index contributed by atoms with van der Waals surface area (Å²) in [5.41, 5.74) is 2.78. The maximum absolute atomic E-state index is 13.2. The number of rotatable bonds is 8. The van der Waals surface area contributed by atoms with E-state index in [-0.39, 0.29) is 30.1 Å². The molecule has 0 aromatic heterocycles. The van der Waals surface area contributed by atoms with E-state index >= 15 is 0 Å². The van der Waals surface area contributed by atoms with Gasteiger partial charge in [-0.15, -0.1) is 0 Å². The Hall–Kier alpha value is -2.69. The molecule has 28 heavy (non-hydrogen) atoms. The van der Waals surface area contributed by atoms with E-state index in [2.05, 4.69) is 5.32 Å². The number of halogens is 1. The summed E-state index contributed by atoms with van der Waals surface area (Å²) in [5.74, 6) is -0.675. The van der Waals surface area contributed by atoms with Crippen molar-refractivity contribution in [2.45, 2.75) is 59.2 Å². The molecule has 5 heteroatoms. The van der Waals surface area contributed by atoms with Crippen LogP contribution in [-0.4, -0.2) is 28.8 Å². The Morgan fingerprint density at radius 2 is 1.71 bits per heavy atom. The van der Waals surface area contributed by atoms with Crippen molar-refractivity contribution < 1.29 is 14.0 Å². The molecular weight excluding hydrogens is 355 g/mol. The summed E-state index contributed by atoms with van der Waals surface area (Å²) < 4.78 is 13.2. The molecule has 2 aromatic carbocycles. The maximum atomic E-state index is 13.2. The summed E-state index contributed by atoms with van der Waals surface area (Å²) in [5, 5.41) is 2.95. The molecule has 2 rings (SSSR count). The van der Waals surface area contributed by atoms with Crippen LogP contribution in [0.4, 0.5) is 4.39 Å². The molecule has 0 heterocycles. The monoisotopic (exact) mass is 384 g/mol. The third kappa shape index (κ3) is 5.91. The van der Waals surface area contributed by atoms with Crippen molar-refractivity contribution >= 4 is 11.8 Å². The Kier molecular flexibility index (Phi) is 7.73. The Labute approximate surface area is 166 Å². The van der Waals surface area contributed by atoms with Gasteiger partial charge >= 0.3 is 0 Å². The van der Waals surface area contributed by atoms with Gasteiger partial charge in [-0.3, -0.25) is 9.59 Å². The highest BCUT2D eigenvalue weighted by Crippen LogP contribution is 2.16. The second kappa shape index (κ2) is 10.0. The molecule has 0 unspecified atom stereocenters. The molecule has 0 radical (unpaired) electrons. The zero-order valence-corrected chi connectivity index (χ0v) is 17.0. The van der Waals surface area contributed by atoms with Crippen LogP contribution < -0.4 is 5.32 Å². The van der Waals surface area contributed by atoms with Crippen molar-refractivity contribution in [3.63, 3.8) is 0 Å². The van der Waals surface area contributed by atoms with Gasteiger partial charge in [0, 0.05) is 12.6 Å². The number of carbonyl (C=O) groups is 2. The average molecular weight is 384 g/mol. The van der Waals surface area contributed by atoms with Crippen LogP contribution in [0.1, 0.15) is 43.9 Å². The fourth-order valence-corrected chi connectivity index (χ4v) is 2.90. The zero-order valence-electron chi connectivity index (χ0n) is 17.0. The van der Waals surface area contributed by atoms with Gasteiger partial charge in [-0.2, -0.15) is 0 Å². The number of benzene rings is 2. The molecule has 0 bridgehead atoms. The highest BCUT2D eigenvalue weighted by molar-refractivity contribution is 5.88. The molecule has 2 aromatic rings. The number of nitrogens with zero attached hydrogens (tertiary/aromatic N) is 1. The van der Waals surface area contributed by atoms with Gasteiger partial charge in [0.05, 0.1) is 6.42 Å². The predicted octanol–water partition coefficient (Wildman–Crippen LogP) is 4.01. The summed E-state index contributed by atoms with van der Waals surface area (Å²) in [6.45, 7) is 8.03. The first kappa shape index (κ1) is 21.6. The van der Waals surface area contributed by atoms with Crippen molar-refractivity contribution in [1.82, 2.24) is 10.2 Å². The molecule has 0 aliphatic rings. The minimum Gasteiger partial charge on any atom is -0.352 e. The van der Waals surface area contributed by atoms with Crippen LogP contribution in [0, 0.1) is 12.7 Å². The Balaban J connectivity index is 2.23. The van der Waals surface area contributed by atoms with Gasteiger partial charge < -0.3 is 10.2 Å². The molecule has 0 spiro atoms. The second-order valence-corrected chi connectivity index (χ2v) is 7.25. The van der Waals surface area contributed by atoms with E-state index < -0.39 is 6.04 Å². The van der Waals surface area contributed by atoms with Crippen molar-refractivity contribution in [3.8, 4) is 0 Å². The maximum Gasteiger partial charge on any atom is 0.242 e.